The van der Waals surface area contributed by atoms with Gasteiger partial charge in [0.1, 0.15) is 4.99 Å². The number of anilines is 1. The topological polar surface area (TPSA) is 47.3 Å². The van der Waals surface area contributed by atoms with E-state index < -0.39 is 0 Å². The van der Waals surface area contributed by atoms with Crippen LogP contribution in [0, 0.1) is 0 Å². The Hall–Kier alpha value is -1.13. The molecular weight excluding hydrogens is 208 g/mol. The van der Waals surface area contributed by atoms with E-state index in [9.17, 15) is 0 Å². The fraction of sp³-hybridized carbons (Fsp3) is 0.364. The Morgan fingerprint density at radius 3 is 2.60 bits per heavy atom. The van der Waals surface area contributed by atoms with Gasteiger partial charge in [-0.2, -0.15) is 0 Å². The van der Waals surface area contributed by atoms with Gasteiger partial charge in [-0.15, -0.1) is 0 Å². The molecule has 82 valence electrons. The van der Waals surface area contributed by atoms with Crippen LogP contribution < -0.4 is 11.1 Å². The molecule has 3 nitrogen and oxygen atoms in total. The second-order valence-electron chi connectivity index (χ2n) is 3.07. The first kappa shape index (κ1) is 11.9. The van der Waals surface area contributed by atoms with Crippen molar-refractivity contribution in [2.45, 2.75) is 6.92 Å². The quantitative estimate of drug-likeness (QED) is 0.571. The molecule has 0 saturated carbocycles. The van der Waals surface area contributed by atoms with Crippen molar-refractivity contribution >= 4 is 22.9 Å². The molecule has 0 unspecified atom stereocenters. The molecule has 1 aromatic rings. The van der Waals surface area contributed by atoms with Gasteiger partial charge in [-0.3, -0.25) is 0 Å². The number of thiocarbonyl (C=S) groups is 1. The van der Waals surface area contributed by atoms with Crippen molar-refractivity contribution in [3.63, 3.8) is 0 Å². The monoisotopic (exact) mass is 224 g/mol. The first-order valence-electron chi connectivity index (χ1n) is 4.95. The van der Waals surface area contributed by atoms with Gasteiger partial charge in [-0.05, 0) is 31.2 Å². The SMILES string of the molecule is CCOCCNc1ccc(C(N)=S)cc1. The zero-order chi connectivity index (χ0) is 11.1. The maximum Gasteiger partial charge on any atom is 0.103 e. The van der Waals surface area contributed by atoms with Crippen molar-refractivity contribution in [2.75, 3.05) is 25.1 Å². The summed E-state index contributed by atoms with van der Waals surface area (Å²) in [5.74, 6) is 0. The van der Waals surface area contributed by atoms with Gasteiger partial charge < -0.3 is 15.8 Å². The summed E-state index contributed by atoms with van der Waals surface area (Å²) in [4.78, 5) is 0.427. The van der Waals surface area contributed by atoms with Crippen molar-refractivity contribution in [2.24, 2.45) is 5.73 Å². The fourth-order valence-electron chi connectivity index (χ4n) is 1.16. The fourth-order valence-corrected chi connectivity index (χ4v) is 1.30. The van der Waals surface area contributed by atoms with E-state index in [4.69, 9.17) is 22.7 Å². The Kier molecular flexibility index (Phi) is 5.07. The molecule has 0 aliphatic heterocycles. The van der Waals surface area contributed by atoms with Crippen LogP contribution in [-0.2, 0) is 4.74 Å². The Labute approximate surface area is 95.6 Å². The molecular formula is C11H16N2OS. The molecule has 1 rings (SSSR count). The zero-order valence-corrected chi connectivity index (χ0v) is 9.64. The predicted molar refractivity (Wildman–Crippen MR) is 67.3 cm³/mol. The van der Waals surface area contributed by atoms with Crippen LogP contribution in [-0.4, -0.2) is 24.7 Å². The third-order valence-electron chi connectivity index (χ3n) is 1.95. The molecule has 0 aromatic heterocycles. The van der Waals surface area contributed by atoms with Gasteiger partial charge in [0, 0.05) is 24.4 Å². The van der Waals surface area contributed by atoms with Crippen molar-refractivity contribution < 1.29 is 4.74 Å². The van der Waals surface area contributed by atoms with E-state index >= 15 is 0 Å². The second kappa shape index (κ2) is 6.37. The molecule has 0 heterocycles. The van der Waals surface area contributed by atoms with Gasteiger partial charge in [0.15, 0.2) is 0 Å². The molecule has 0 aliphatic rings. The molecule has 0 radical (unpaired) electrons. The van der Waals surface area contributed by atoms with E-state index in [0.29, 0.717) is 11.6 Å². The molecule has 0 aliphatic carbocycles. The Balaban J connectivity index is 2.39. The number of hydrogen-bond acceptors (Lipinski definition) is 3. The van der Waals surface area contributed by atoms with Crippen LogP contribution in [0.3, 0.4) is 0 Å². The first-order chi connectivity index (χ1) is 7.24. The predicted octanol–water partition coefficient (Wildman–Crippen LogP) is 1.77. The normalized spacial score (nSPS) is 9.93. The number of benzene rings is 1. The summed E-state index contributed by atoms with van der Waals surface area (Å²) in [6, 6.07) is 7.73. The lowest BCUT2D eigenvalue weighted by molar-refractivity contribution is 0.158. The van der Waals surface area contributed by atoms with Gasteiger partial charge in [0.05, 0.1) is 6.61 Å². The van der Waals surface area contributed by atoms with E-state index in [0.717, 1.165) is 24.4 Å². The number of hydrogen-bond donors (Lipinski definition) is 2. The van der Waals surface area contributed by atoms with Crippen LogP contribution in [0.4, 0.5) is 5.69 Å². The highest BCUT2D eigenvalue weighted by atomic mass is 32.1. The van der Waals surface area contributed by atoms with E-state index in [1.807, 2.05) is 31.2 Å². The Bertz CT molecular complexity index is 311. The maximum absolute atomic E-state index is 5.49. The number of ether oxygens (including phenoxy) is 1. The molecule has 1 aromatic carbocycles. The minimum Gasteiger partial charge on any atom is -0.389 e. The Morgan fingerprint density at radius 2 is 2.07 bits per heavy atom. The van der Waals surface area contributed by atoms with Crippen molar-refractivity contribution in [1.82, 2.24) is 0 Å². The summed E-state index contributed by atoms with van der Waals surface area (Å²) in [6.45, 7) is 4.26. The number of rotatable bonds is 6. The summed E-state index contributed by atoms with van der Waals surface area (Å²) in [7, 11) is 0. The van der Waals surface area contributed by atoms with Crippen LogP contribution in [0.15, 0.2) is 24.3 Å². The minimum atomic E-state index is 0.427. The number of nitrogens with two attached hydrogens (primary N) is 1. The minimum absolute atomic E-state index is 0.427. The van der Waals surface area contributed by atoms with Gasteiger partial charge in [0.25, 0.3) is 0 Å². The molecule has 0 spiro atoms. The van der Waals surface area contributed by atoms with Crippen LogP contribution >= 0.6 is 12.2 Å². The summed E-state index contributed by atoms with van der Waals surface area (Å²) in [5, 5.41) is 3.24. The van der Waals surface area contributed by atoms with Crippen LogP contribution in [0.2, 0.25) is 0 Å². The van der Waals surface area contributed by atoms with Crippen LogP contribution in [0.25, 0.3) is 0 Å². The van der Waals surface area contributed by atoms with Gasteiger partial charge in [-0.1, -0.05) is 12.2 Å². The summed E-state index contributed by atoms with van der Waals surface area (Å²) in [6.07, 6.45) is 0. The maximum atomic E-state index is 5.49. The summed E-state index contributed by atoms with van der Waals surface area (Å²) in [5.41, 5.74) is 7.43. The average Bonchev–Trinajstić information content (AvgIpc) is 2.25. The lowest BCUT2D eigenvalue weighted by atomic mass is 10.2. The van der Waals surface area contributed by atoms with Crippen LogP contribution in [0.1, 0.15) is 12.5 Å². The standard InChI is InChI=1S/C11H16N2OS/c1-2-14-8-7-13-10-5-3-9(4-6-10)11(12)15/h3-6,13H,2,7-8H2,1H3,(H2,12,15). The smallest absolute Gasteiger partial charge is 0.103 e. The lowest BCUT2D eigenvalue weighted by Gasteiger charge is -2.06. The molecule has 0 bridgehead atoms. The van der Waals surface area contributed by atoms with Gasteiger partial charge in [-0.25, -0.2) is 0 Å². The molecule has 0 fully saturated rings. The van der Waals surface area contributed by atoms with E-state index in [1.165, 1.54) is 0 Å². The highest BCUT2D eigenvalue weighted by Gasteiger charge is 1.95. The Morgan fingerprint density at radius 1 is 1.40 bits per heavy atom. The van der Waals surface area contributed by atoms with Crippen molar-refractivity contribution in [1.29, 1.82) is 0 Å². The van der Waals surface area contributed by atoms with E-state index in [2.05, 4.69) is 5.32 Å². The van der Waals surface area contributed by atoms with Crippen molar-refractivity contribution in [3.8, 4) is 0 Å². The first-order valence-corrected chi connectivity index (χ1v) is 5.36. The van der Waals surface area contributed by atoms with Crippen molar-refractivity contribution in [3.05, 3.63) is 29.8 Å². The molecule has 15 heavy (non-hydrogen) atoms. The average molecular weight is 224 g/mol. The van der Waals surface area contributed by atoms with E-state index in [1.54, 1.807) is 0 Å². The lowest BCUT2D eigenvalue weighted by Crippen LogP contribution is -2.11. The highest BCUT2D eigenvalue weighted by Crippen LogP contribution is 2.08. The molecule has 4 heteroatoms. The van der Waals surface area contributed by atoms with Gasteiger partial charge in [0.2, 0.25) is 0 Å². The molecule has 0 atom stereocenters. The summed E-state index contributed by atoms with van der Waals surface area (Å²) >= 11 is 4.86. The van der Waals surface area contributed by atoms with Gasteiger partial charge >= 0.3 is 0 Å². The summed E-state index contributed by atoms with van der Waals surface area (Å²) < 4.78 is 5.21. The molecule has 3 N–H and O–H groups in total. The third kappa shape index (κ3) is 4.27. The van der Waals surface area contributed by atoms with E-state index in [-0.39, 0.29) is 0 Å². The second-order valence-corrected chi connectivity index (χ2v) is 3.51. The largest absolute Gasteiger partial charge is 0.389 e. The molecule has 0 saturated heterocycles. The third-order valence-corrected chi connectivity index (χ3v) is 2.18. The van der Waals surface area contributed by atoms with Crippen LogP contribution in [0.5, 0.6) is 0 Å². The zero-order valence-electron chi connectivity index (χ0n) is 8.82. The highest BCUT2D eigenvalue weighted by molar-refractivity contribution is 7.80. The number of nitrogens with one attached hydrogen (secondary N) is 1. The molecule has 0 amide bonds.